The van der Waals surface area contributed by atoms with Gasteiger partial charge >= 0.3 is 0 Å². The van der Waals surface area contributed by atoms with Crippen molar-refractivity contribution >= 4 is 5.69 Å². The number of hydrogen-bond acceptors (Lipinski definition) is 3. The Hall–Kier alpha value is -1.06. The van der Waals surface area contributed by atoms with Gasteiger partial charge in [-0.05, 0) is 32.0 Å². The van der Waals surface area contributed by atoms with E-state index in [1.54, 1.807) is 0 Å². The summed E-state index contributed by atoms with van der Waals surface area (Å²) in [7, 11) is 2.27. The molecule has 0 aliphatic carbocycles. The van der Waals surface area contributed by atoms with Gasteiger partial charge in [0.1, 0.15) is 0 Å². The van der Waals surface area contributed by atoms with Crippen molar-refractivity contribution in [2.45, 2.75) is 24.9 Å². The molecule has 16 heavy (non-hydrogen) atoms. The number of nitrogens with one attached hydrogen (secondary N) is 1. The molecule has 2 bridgehead atoms. The average molecular weight is 217 g/mol. The largest absolute Gasteiger partial charge is 0.319 e. The molecule has 0 amide bonds. The summed E-state index contributed by atoms with van der Waals surface area (Å²) < 4.78 is 0. The van der Waals surface area contributed by atoms with Gasteiger partial charge in [-0.3, -0.25) is 4.90 Å². The lowest BCUT2D eigenvalue weighted by Crippen LogP contribution is -2.53. The Morgan fingerprint density at radius 1 is 1.06 bits per heavy atom. The molecule has 3 heteroatoms. The first-order valence-corrected chi connectivity index (χ1v) is 6.11. The molecule has 1 aromatic carbocycles. The third kappa shape index (κ3) is 1.81. The lowest BCUT2D eigenvalue weighted by Gasteiger charge is -2.39. The Kier molecular flexibility index (Phi) is 2.58. The normalized spacial score (nSPS) is 30.6. The van der Waals surface area contributed by atoms with Crippen LogP contribution < -0.4 is 5.43 Å². The predicted molar refractivity (Wildman–Crippen MR) is 66.2 cm³/mol. The maximum Gasteiger partial charge on any atom is 0.0490 e. The highest BCUT2D eigenvalue weighted by Gasteiger charge is 2.37. The van der Waals surface area contributed by atoms with E-state index in [9.17, 15) is 0 Å². The number of anilines is 1. The smallest absolute Gasteiger partial charge is 0.0490 e. The summed E-state index contributed by atoms with van der Waals surface area (Å²) in [5, 5.41) is 2.37. The van der Waals surface area contributed by atoms with Crippen LogP contribution in [0.15, 0.2) is 30.3 Å². The first-order valence-electron chi connectivity index (χ1n) is 6.11. The lowest BCUT2D eigenvalue weighted by molar-refractivity contribution is 0.106. The van der Waals surface area contributed by atoms with E-state index in [0.717, 1.165) is 25.2 Å². The van der Waals surface area contributed by atoms with Crippen molar-refractivity contribution in [1.29, 1.82) is 0 Å². The lowest BCUT2D eigenvalue weighted by atomic mass is 10.2. The first kappa shape index (κ1) is 10.1. The fourth-order valence-corrected chi connectivity index (χ4v) is 2.90. The van der Waals surface area contributed by atoms with Gasteiger partial charge in [0.15, 0.2) is 0 Å². The fraction of sp³-hybridized carbons (Fsp3) is 0.538. The van der Waals surface area contributed by atoms with Crippen LogP contribution in [-0.2, 0) is 0 Å². The van der Waals surface area contributed by atoms with Crippen molar-refractivity contribution in [3.05, 3.63) is 30.3 Å². The van der Waals surface area contributed by atoms with Crippen LogP contribution in [0.4, 0.5) is 5.69 Å². The van der Waals surface area contributed by atoms with Crippen molar-refractivity contribution in [2.24, 2.45) is 0 Å². The van der Waals surface area contributed by atoms with Crippen LogP contribution in [0.1, 0.15) is 12.8 Å². The third-order valence-electron chi connectivity index (χ3n) is 3.91. The molecule has 3 nitrogen and oxygen atoms in total. The van der Waals surface area contributed by atoms with Gasteiger partial charge in [0, 0.05) is 30.9 Å². The molecule has 0 spiro atoms. The van der Waals surface area contributed by atoms with Crippen molar-refractivity contribution in [2.75, 3.05) is 25.6 Å². The zero-order valence-corrected chi connectivity index (χ0v) is 9.76. The van der Waals surface area contributed by atoms with Crippen molar-refractivity contribution in [1.82, 2.24) is 9.91 Å². The minimum absolute atomic E-state index is 0.745. The molecule has 86 valence electrons. The minimum atomic E-state index is 0.745. The molecular formula is C13H19N3. The Morgan fingerprint density at radius 3 is 2.31 bits per heavy atom. The molecule has 0 aromatic heterocycles. The molecule has 1 N–H and O–H groups in total. The zero-order valence-electron chi connectivity index (χ0n) is 9.76. The molecule has 1 aromatic rings. The Balaban J connectivity index is 1.66. The number of fused-ring (bicyclic) bond motifs is 2. The third-order valence-corrected chi connectivity index (χ3v) is 3.91. The summed E-state index contributed by atoms with van der Waals surface area (Å²) in [6.45, 7) is 2.28. The number of hydrogen-bond donors (Lipinski definition) is 1. The average Bonchev–Trinajstić information content (AvgIpc) is 2.54. The quantitative estimate of drug-likeness (QED) is 0.815. The van der Waals surface area contributed by atoms with Gasteiger partial charge in [0.25, 0.3) is 0 Å². The van der Waals surface area contributed by atoms with Gasteiger partial charge in [0.2, 0.25) is 0 Å². The van der Waals surface area contributed by atoms with Crippen molar-refractivity contribution < 1.29 is 0 Å². The number of hydrazine groups is 1. The van der Waals surface area contributed by atoms with E-state index in [-0.39, 0.29) is 0 Å². The van der Waals surface area contributed by atoms with Gasteiger partial charge in [-0.1, -0.05) is 18.2 Å². The maximum atomic E-state index is 3.51. The number of likely N-dealkylation sites (N-methyl/N-ethyl adjacent to an activating group) is 1. The summed E-state index contributed by atoms with van der Waals surface area (Å²) in [6.07, 6.45) is 2.71. The Labute approximate surface area is 97.0 Å². The summed E-state index contributed by atoms with van der Waals surface area (Å²) in [5.41, 5.74) is 4.71. The van der Waals surface area contributed by atoms with Crippen molar-refractivity contribution in [3.63, 3.8) is 0 Å². The minimum Gasteiger partial charge on any atom is -0.319 e. The summed E-state index contributed by atoms with van der Waals surface area (Å²) in [5.74, 6) is 0. The van der Waals surface area contributed by atoms with E-state index in [0.29, 0.717) is 0 Å². The van der Waals surface area contributed by atoms with E-state index < -0.39 is 0 Å². The number of piperazine rings is 1. The van der Waals surface area contributed by atoms with Gasteiger partial charge in [-0.15, -0.1) is 0 Å². The highest BCUT2D eigenvalue weighted by atomic mass is 15.5. The first-order chi connectivity index (χ1) is 7.83. The molecule has 0 saturated carbocycles. The molecule has 2 heterocycles. The Bertz CT molecular complexity index is 337. The number of rotatable bonds is 2. The SMILES string of the molecule is CN1[C@@H]2CC[C@H]1CN(Nc1ccccc1)C2. The van der Waals surface area contributed by atoms with E-state index in [1.165, 1.54) is 18.5 Å². The second-order valence-corrected chi connectivity index (χ2v) is 4.93. The van der Waals surface area contributed by atoms with Gasteiger partial charge in [0.05, 0.1) is 0 Å². The van der Waals surface area contributed by atoms with Crippen LogP contribution in [0.3, 0.4) is 0 Å². The van der Waals surface area contributed by atoms with Crippen molar-refractivity contribution in [3.8, 4) is 0 Å². The molecule has 0 radical (unpaired) electrons. The second kappa shape index (κ2) is 4.07. The number of benzene rings is 1. The topological polar surface area (TPSA) is 18.5 Å². The Morgan fingerprint density at radius 2 is 1.69 bits per heavy atom. The van der Waals surface area contributed by atoms with Gasteiger partial charge < -0.3 is 5.43 Å². The molecule has 0 unspecified atom stereocenters. The van der Waals surface area contributed by atoms with Gasteiger partial charge in [-0.25, -0.2) is 5.01 Å². The molecule has 2 saturated heterocycles. The molecule has 2 fully saturated rings. The molecule has 3 rings (SSSR count). The highest BCUT2D eigenvalue weighted by molar-refractivity contribution is 5.41. The van der Waals surface area contributed by atoms with Gasteiger partial charge in [-0.2, -0.15) is 0 Å². The molecule has 2 atom stereocenters. The van der Waals surface area contributed by atoms with Crippen LogP contribution in [0.5, 0.6) is 0 Å². The number of nitrogens with zero attached hydrogens (tertiary/aromatic N) is 2. The van der Waals surface area contributed by atoms with E-state index in [1.807, 2.05) is 0 Å². The summed E-state index contributed by atoms with van der Waals surface area (Å²) in [6, 6.07) is 11.9. The van der Waals surface area contributed by atoms with Crippen LogP contribution in [0.2, 0.25) is 0 Å². The zero-order chi connectivity index (χ0) is 11.0. The van der Waals surface area contributed by atoms with Crippen LogP contribution in [-0.4, -0.2) is 42.1 Å². The van der Waals surface area contributed by atoms with Crippen LogP contribution in [0, 0.1) is 0 Å². The predicted octanol–water partition coefficient (Wildman–Crippen LogP) is 1.79. The second-order valence-electron chi connectivity index (χ2n) is 4.93. The van der Waals surface area contributed by atoms with E-state index in [2.05, 4.69) is 52.7 Å². The monoisotopic (exact) mass is 217 g/mol. The maximum absolute atomic E-state index is 3.51. The van der Waals surface area contributed by atoms with E-state index in [4.69, 9.17) is 0 Å². The summed E-state index contributed by atoms with van der Waals surface area (Å²) in [4.78, 5) is 2.54. The standard InChI is InChI=1S/C13H19N3/c1-15-12-7-8-13(15)10-16(9-12)14-11-5-3-2-4-6-11/h2-6,12-14H,7-10H2,1H3/t12-,13+. The van der Waals surface area contributed by atoms with E-state index >= 15 is 0 Å². The molecule has 2 aliphatic heterocycles. The number of para-hydroxylation sites is 1. The van der Waals surface area contributed by atoms with Crippen LogP contribution in [0.25, 0.3) is 0 Å². The molecular weight excluding hydrogens is 198 g/mol. The summed E-state index contributed by atoms with van der Waals surface area (Å²) >= 11 is 0. The molecule has 2 aliphatic rings. The highest BCUT2D eigenvalue weighted by Crippen LogP contribution is 2.28. The van der Waals surface area contributed by atoms with Crippen LogP contribution >= 0.6 is 0 Å². The fourth-order valence-electron chi connectivity index (χ4n) is 2.90.